The third-order valence-electron chi connectivity index (χ3n) is 7.28. The van der Waals surface area contributed by atoms with Crippen molar-refractivity contribution in [2.45, 2.75) is 65.0 Å². The van der Waals surface area contributed by atoms with E-state index in [-0.39, 0.29) is 24.0 Å². The molecule has 0 radical (unpaired) electrons. The van der Waals surface area contributed by atoms with Crippen LogP contribution in [0, 0.1) is 13.8 Å². The molecule has 2 N–H and O–H groups in total. The Morgan fingerprint density at radius 3 is 2.59 bits per heavy atom. The maximum Gasteiger partial charge on any atom is 0.264 e. The minimum Gasteiger partial charge on any atom is -0.384 e. The molecule has 0 aliphatic carbocycles. The van der Waals surface area contributed by atoms with E-state index in [0.717, 1.165) is 59.8 Å². The van der Waals surface area contributed by atoms with Crippen molar-refractivity contribution in [2.75, 3.05) is 11.9 Å². The van der Waals surface area contributed by atoms with Crippen LogP contribution in [0.4, 0.5) is 5.69 Å². The van der Waals surface area contributed by atoms with Crippen molar-refractivity contribution in [3.8, 4) is 11.3 Å². The van der Waals surface area contributed by atoms with Crippen LogP contribution in [0.1, 0.15) is 70.6 Å². The van der Waals surface area contributed by atoms with Gasteiger partial charge in [0.05, 0.1) is 28.7 Å². The number of unbranched alkanes of at least 4 members (excludes halogenated alkanes) is 3. The molecule has 11 nitrogen and oxygen atoms in total. The van der Waals surface area contributed by atoms with Crippen LogP contribution in [0.3, 0.4) is 0 Å². The van der Waals surface area contributed by atoms with Crippen molar-refractivity contribution in [1.82, 2.24) is 30.0 Å². The second-order valence-electron chi connectivity index (χ2n) is 9.88. The fourth-order valence-electron chi connectivity index (χ4n) is 5.34. The summed E-state index contributed by atoms with van der Waals surface area (Å²) in [5, 5.41) is 10.2. The average molecular weight is 530 g/mol. The number of nitrogens with zero attached hydrogens (tertiary/aromatic N) is 5. The summed E-state index contributed by atoms with van der Waals surface area (Å²) >= 11 is 0. The Morgan fingerprint density at radius 2 is 1.82 bits per heavy atom. The van der Waals surface area contributed by atoms with E-state index in [0.29, 0.717) is 12.2 Å². The zero-order valence-electron chi connectivity index (χ0n) is 22.1. The van der Waals surface area contributed by atoms with E-state index in [1.165, 1.54) is 0 Å². The maximum atomic E-state index is 13.2. The second-order valence-corrected chi connectivity index (χ2v) is 9.88. The van der Waals surface area contributed by atoms with Crippen molar-refractivity contribution in [1.29, 1.82) is 0 Å². The van der Waals surface area contributed by atoms with Crippen LogP contribution in [0.25, 0.3) is 11.3 Å². The first-order valence-electron chi connectivity index (χ1n) is 13.3. The molecule has 2 aliphatic rings. The predicted octanol–water partition coefficient (Wildman–Crippen LogP) is 3.03. The number of aromatic nitrogens is 4. The molecule has 1 fully saturated rings. The number of imide groups is 2. The second kappa shape index (κ2) is 11.1. The molecule has 39 heavy (non-hydrogen) atoms. The Kier molecular flexibility index (Phi) is 7.49. The van der Waals surface area contributed by atoms with Gasteiger partial charge in [0, 0.05) is 48.8 Å². The van der Waals surface area contributed by atoms with E-state index in [1.54, 1.807) is 36.8 Å². The molecule has 1 unspecified atom stereocenters. The van der Waals surface area contributed by atoms with Gasteiger partial charge in [-0.1, -0.05) is 18.9 Å². The zero-order valence-corrected chi connectivity index (χ0v) is 22.1. The number of hydrogen-bond acceptors (Lipinski definition) is 8. The Morgan fingerprint density at radius 1 is 1.00 bits per heavy atom. The standard InChI is InChI=1S/C28H31N7O4/c1-17-24(21-16-29-13-14-31-21)18(2)34(33-17)15-6-4-3-5-12-30-20-9-7-8-19-25(20)28(39)35(27(19)38)22-10-11-23(36)32-26(22)37/h7-9,13-14,16,22,30H,3-6,10-12,15H2,1-2H3,(H,32,36,37). The quantitative estimate of drug-likeness (QED) is 0.302. The van der Waals surface area contributed by atoms with Crippen molar-refractivity contribution in [3.05, 3.63) is 59.3 Å². The Labute approximate surface area is 226 Å². The maximum absolute atomic E-state index is 13.2. The summed E-state index contributed by atoms with van der Waals surface area (Å²) in [5.41, 5.74) is 5.04. The minimum absolute atomic E-state index is 0.0946. The van der Waals surface area contributed by atoms with Gasteiger partial charge < -0.3 is 5.32 Å². The monoisotopic (exact) mass is 529 g/mol. The lowest BCUT2D eigenvalue weighted by Crippen LogP contribution is -2.54. The SMILES string of the molecule is Cc1nn(CCCCCCNc2cccc3c2C(=O)N(C2CCC(=O)NC2=O)C3=O)c(C)c1-c1cnccn1. The number of aryl methyl sites for hydroxylation is 2. The molecule has 4 heterocycles. The summed E-state index contributed by atoms with van der Waals surface area (Å²) in [6, 6.07) is 4.13. The van der Waals surface area contributed by atoms with Crippen LogP contribution < -0.4 is 10.6 Å². The third kappa shape index (κ3) is 5.16. The van der Waals surface area contributed by atoms with Gasteiger partial charge in [0.25, 0.3) is 11.8 Å². The summed E-state index contributed by atoms with van der Waals surface area (Å²) in [4.78, 5) is 59.5. The molecule has 0 saturated carbocycles. The molecule has 0 bridgehead atoms. The van der Waals surface area contributed by atoms with Crippen LogP contribution >= 0.6 is 0 Å². The highest BCUT2D eigenvalue weighted by Crippen LogP contribution is 2.32. The third-order valence-corrected chi connectivity index (χ3v) is 7.28. The fourth-order valence-corrected chi connectivity index (χ4v) is 5.34. The topological polar surface area (TPSA) is 139 Å². The first kappa shape index (κ1) is 26.2. The number of benzene rings is 1. The molecular formula is C28H31N7O4. The molecule has 11 heteroatoms. The molecular weight excluding hydrogens is 498 g/mol. The number of nitrogens with one attached hydrogen (secondary N) is 2. The Hall–Kier alpha value is -4.41. The molecule has 3 aromatic rings. The van der Waals surface area contributed by atoms with E-state index < -0.39 is 29.7 Å². The number of carbonyl (C=O) groups excluding carboxylic acids is 4. The van der Waals surface area contributed by atoms with Crippen molar-refractivity contribution >= 4 is 29.3 Å². The summed E-state index contributed by atoms with van der Waals surface area (Å²) in [6.07, 6.45) is 9.22. The number of anilines is 1. The number of piperidine rings is 1. The molecule has 2 aromatic heterocycles. The van der Waals surface area contributed by atoms with Gasteiger partial charge in [-0.25, -0.2) is 0 Å². The lowest BCUT2D eigenvalue weighted by atomic mass is 10.0. The summed E-state index contributed by atoms with van der Waals surface area (Å²) < 4.78 is 2.03. The van der Waals surface area contributed by atoms with Crippen molar-refractivity contribution in [2.24, 2.45) is 0 Å². The predicted molar refractivity (Wildman–Crippen MR) is 143 cm³/mol. The molecule has 1 aromatic carbocycles. The average Bonchev–Trinajstić information content (AvgIpc) is 3.35. The van der Waals surface area contributed by atoms with Crippen LogP contribution in [-0.2, 0) is 16.1 Å². The van der Waals surface area contributed by atoms with Gasteiger partial charge in [-0.15, -0.1) is 0 Å². The van der Waals surface area contributed by atoms with E-state index in [4.69, 9.17) is 0 Å². The normalized spacial score (nSPS) is 17.0. The molecule has 1 saturated heterocycles. The van der Waals surface area contributed by atoms with Gasteiger partial charge >= 0.3 is 0 Å². The van der Waals surface area contributed by atoms with Gasteiger partial charge in [-0.3, -0.25) is 44.0 Å². The molecule has 2 aliphatic heterocycles. The molecule has 1 atom stereocenters. The van der Waals surface area contributed by atoms with E-state index in [1.807, 2.05) is 11.6 Å². The molecule has 0 spiro atoms. The van der Waals surface area contributed by atoms with Crippen LogP contribution in [0.15, 0.2) is 36.8 Å². The fraction of sp³-hybridized carbons (Fsp3) is 0.393. The van der Waals surface area contributed by atoms with Crippen LogP contribution in [0.2, 0.25) is 0 Å². The van der Waals surface area contributed by atoms with Crippen LogP contribution in [-0.4, -0.2) is 60.9 Å². The van der Waals surface area contributed by atoms with Crippen LogP contribution in [0.5, 0.6) is 0 Å². The van der Waals surface area contributed by atoms with Crippen molar-refractivity contribution in [3.63, 3.8) is 0 Å². The highest BCUT2D eigenvalue weighted by molar-refractivity contribution is 6.25. The van der Waals surface area contributed by atoms with Gasteiger partial charge in [-0.2, -0.15) is 5.10 Å². The first-order chi connectivity index (χ1) is 18.9. The van der Waals surface area contributed by atoms with Gasteiger partial charge in [0.1, 0.15) is 6.04 Å². The highest BCUT2D eigenvalue weighted by atomic mass is 16.2. The first-order valence-corrected chi connectivity index (χ1v) is 13.3. The summed E-state index contributed by atoms with van der Waals surface area (Å²) in [5.74, 6) is -2.00. The van der Waals surface area contributed by atoms with Gasteiger partial charge in [-0.05, 0) is 45.2 Å². The largest absolute Gasteiger partial charge is 0.384 e. The zero-order chi connectivity index (χ0) is 27.5. The van der Waals surface area contributed by atoms with Gasteiger partial charge in [0.2, 0.25) is 11.8 Å². The van der Waals surface area contributed by atoms with E-state index >= 15 is 0 Å². The molecule has 4 amide bonds. The summed E-state index contributed by atoms with van der Waals surface area (Å²) in [7, 11) is 0. The Bertz CT molecular complexity index is 1430. The number of amides is 4. The Balaban J connectivity index is 1.12. The summed E-state index contributed by atoms with van der Waals surface area (Å²) in [6.45, 7) is 5.51. The molecule has 202 valence electrons. The van der Waals surface area contributed by atoms with E-state index in [9.17, 15) is 19.2 Å². The highest BCUT2D eigenvalue weighted by Gasteiger charge is 2.45. The number of hydrogen-bond donors (Lipinski definition) is 2. The lowest BCUT2D eigenvalue weighted by molar-refractivity contribution is -0.136. The van der Waals surface area contributed by atoms with Gasteiger partial charge in [0.15, 0.2) is 0 Å². The minimum atomic E-state index is -0.970. The van der Waals surface area contributed by atoms with Crippen molar-refractivity contribution < 1.29 is 19.2 Å². The van der Waals surface area contributed by atoms with E-state index in [2.05, 4.69) is 32.6 Å². The molecule has 5 rings (SSSR count). The number of carbonyl (C=O) groups is 4. The smallest absolute Gasteiger partial charge is 0.264 e. The lowest BCUT2D eigenvalue weighted by Gasteiger charge is -2.27. The number of rotatable bonds is 10. The number of fused-ring (bicyclic) bond motifs is 1.